The lowest BCUT2D eigenvalue weighted by molar-refractivity contribution is 0.0814. The van der Waals surface area contributed by atoms with Gasteiger partial charge in [-0.15, -0.1) is 0 Å². The van der Waals surface area contributed by atoms with Crippen molar-refractivity contribution in [3.8, 4) is 11.1 Å². The molecule has 3 aliphatic rings. The summed E-state index contributed by atoms with van der Waals surface area (Å²) < 4.78 is 5.68. The topological polar surface area (TPSA) is 29.5 Å². The molecule has 6 rings (SSSR count). The van der Waals surface area contributed by atoms with Crippen LogP contribution in [-0.4, -0.2) is 23.1 Å². The number of carbonyl (C=O) groups excluding carboxylic acids is 1. The van der Waals surface area contributed by atoms with Gasteiger partial charge in [0.25, 0.3) is 0 Å². The van der Waals surface area contributed by atoms with Crippen LogP contribution in [0.1, 0.15) is 41.9 Å². The number of carbonyl (C=O) groups is 1. The van der Waals surface area contributed by atoms with Crippen molar-refractivity contribution in [1.29, 1.82) is 0 Å². The van der Waals surface area contributed by atoms with Gasteiger partial charge in [0.2, 0.25) is 0 Å². The molecule has 2 atom stereocenters. The minimum Gasteiger partial charge on any atom is -0.445 e. The molecule has 3 heteroatoms. The van der Waals surface area contributed by atoms with E-state index in [0.29, 0.717) is 12.5 Å². The second-order valence-corrected chi connectivity index (χ2v) is 8.80. The summed E-state index contributed by atoms with van der Waals surface area (Å²) in [7, 11) is 0. The van der Waals surface area contributed by atoms with Gasteiger partial charge in [-0.2, -0.15) is 0 Å². The summed E-state index contributed by atoms with van der Waals surface area (Å²) in [5.74, 6) is 0.304. The molecule has 1 aliphatic carbocycles. The van der Waals surface area contributed by atoms with Crippen molar-refractivity contribution in [1.82, 2.24) is 4.90 Å². The lowest BCUT2D eigenvalue weighted by atomic mass is 9.83. The highest BCUT2D eigenvalue weighted by molar-refractivity contribution is 5.80. The van der Waals surface area contributed by atoms with Crippen LogP contribution in [0.3, 0.4) is 0 Å². The Labute approximate surface area is 183 Å². The lowest BCUT2D eigenvalue weighted by Crippen LogP contribution is -2.43. The Morgan fingerprint density at radius 2 is 1.48 bits per heavy atom. The maximum absolute atomic E-state index is 12.9. The van der Waals surface area contributed by atoms with Gasteiger partial charge in [0, 0.05) is 12.0 Å². The Balaban J connectivity index is 1.27. The summed E-state index contributed by atoms with van der Waals surface area (Å²) in [4.78, 5) is 14.9. The van der Waals surface area contributed by atoms with E-state index in [2.05, 4.69) is 54.6 Å². The van der Waals surface area contributed by atoms with E-state index in [1.54, 1.807) is 0 Å². The molecule has 1 amide bonds. The van der Waals surface area contributed by atoms with Gasteiger partial charge >= 0.3 is 6.09 Å². The van der Waals surface area contributed by atoms with E-state index in [1.165, 1.54) is 27.8 Å². The summed E-state index contributed by atoms with van der Waals surface area (Å²) in [5.41, 5.74) is 7.97. The molecule has 2 unspecified atom stereocenters. The van der Waals surface area contributed by atoms with E-state index in [0.717, 1.165) is 24.8 Å². The standard InChI is InChI=1S/C28H25NO2/c30-28(31-18-19-8-2-1-3-9-19)29-21-14-15-22(29)17-20(16-21)27-25-12-6-4-10-23(25)24-11-5-7-13-26(24)27/h1-13,16,21-22,27H,14-15,17-18H2. The second-order valence-electron chi connectivity index (χ2n) is 8.80. The molecule has 0 spiro atoms. The molecule has 2 bridgehead atoms. The normalized spacial score (nSPS) is 21.4. The van der Waals surface area contributed by atoms with Crippen LogP contribution in [-0.2, 0) is 11.3 Å². The van der Waals surface area contributed by atoms with Crippen LogP contribution >= 0.6 is 0 Å². The molecule has 3 aromatic rings. The number of amides is 1. The SMILES string of the molecule is O=C(OCc1ccccc1)N1C2C=C(C3c4ccccc4-c4ccccc43)CC1CC2. The molecular formula is C28H25NO2. The molecule has 1 fully saturated rings. The highest BCUT2D eigenvalue weighted by Crippen LogP contribution is 2.51. The molecule has 0 saturated carbocycles. The van der Waals surface area contributed by atoms with Gasteiger partial charge in [-0.1, -0.05) is 90.5 Å². The molecule has 31 heavy (non-hydrogen) atoms. The molecule has 1 saturated heterocycles. The number of fused-ring (bicyclic) bond motifs is 5. The molecule has 154 valence electrons. The summed E-state index contributed by atoms with van der Waals surface area (Å²) >= 11 is 0. The largest absolute Gasteiger partial charge is 0.445 e. The van der Waals surface area contributed by atoms with Crippen LogP contribution in [0.25, 0.3) is 11.1 Å². The van der Waals surface area contributed by atoms with Crippen molar-refractivity contribution in [2.75, 3.05) is 0 Å². The molecular weight excluding hydrogens is 382 g/mol. The number of ether oxygens (including phenoxy) is 1. The average molecular weight is 408 g/mol. The third-order valence-electron chi connectivity index (χ3n) is 7.04. The monoisotopic (exact) mass is 407 g/mol. The number of hydrogen-bond donors (Lipinski definition) is 0. The first-order valence-corrected chi connectivity index (χ1v) is 11.2. The van der Waals surface area contributed by atoms with Gasteiger partial charge in [0.15, 0.2) is 0 Å². The fraction of sp³-hybridized carbons (Fsp3) is 0.250. The quantitative estimate of drug-likeness (QED) is 0.477. The maximum atomic E-state index is 12.9. The van der Waals surface area contributed by atoms with E-state index < -0.39 is 0 Å². The predicted octanol–water partition coefficient (Wildman–Crippen LogP) is 6.30. The highest BCUT2D eigenvalue weighted by Gasteiger charge is 2.43. The minimum absolute atomic E-state index is 0.136. The first kappa shape index (κ1) is 18.4. The van der Waals surface area contributed by atoms with E-state index in [-0.39, 0.29) is 18.2 Å². The van der Waals surface area contributed by atoms with Crippen LogP contribution in [0.5, 0.6) is 0 Å². The van der Waals surface area contributed by atoms with Gasteiger partial charge in [-0.3, -0.25) is 4.90 Å². The van der Waals surface area contributed by atoms with Crippen molar-refractivity contribution in [3.63, 3.8) is 0 Å². The van der Waals surface area contributed by atoms with Crippen LogP contribution in [0.4, 0.5) is 4.79 Å². The number of benzene rings is 3. The fourth-order valence-electron chi connectivity index (χ4n) is 5.71. The molecule has 2 aliphatic heterocycles. The van der Waals surface area contributed by atoms with Gasteiger partial charge in [0.1, 0.15) is 6.61 Å². The van der Waals surface area contributed by atoms with E-state index in [1.807, 2.05) is 35.2 Å². The highest BCUT2D eigenvalue weighted by atomic mass is 16.6. The van der Waals surface area contributed by atoms with E-state index >= 15 is 0 Å². The number of hydrogen-bond acceptors (Lipinski definition) is 2. The molecule has 0 radical (unpaired) electrons. The first-order chi connectivity index (χ1) is 15.3. The Kier molecular flexibility index (Phi) is 4.41. The Hall–Kier alpha value is -3.33. The summed E-state index contributed by atoms with van der Waals surface area (Å²) in [6, 6.07) is 27.8. The zero-order valence-electron chi connectivity index (χ0n) is 17.4. The van der Waals surface area contributed by atoms with Crippen molar-refractivity contribution in [3.05, 3.63) is 107 Å². The van der Waals surface area contributed by atoms with Crippen LogP contribution in [0.2, 0.25) is 0 Å². The molecule has 3 nitrogen and oxygen atoms in total. The third-order valence-corrected chi connectivity index (χ3v) is 7.04. The van der Waals surface area contributed by atoms with Gasteiger partial charge in [-0.25, -0.2) is 4.79 Å². The lowest BCUT2D eigenvalue weighted by Gasteiger charge is -2.35. The van der Waals surface area contributed by atoms with E-state index in [9.17, 15) is 4.79 Å². The minimum atomic E-state index is -0.182. The molecule has 0 aromatic heterocycles. The summed E-state index contributed by atoms with van der Waals surface area (Å²) in [5, 5.41) is 0. The second kappa shape index (κ2) is 7.42. The Morgan fingerprint density at radius 1 is 0.839 bits per heavy atom. The maximum Gasteiger partial charge on any atom is 0.410 e. The van der Waals surface area contributed by atoms with E-state index in [4.69, 9.17) is 4.74 Å². The summed E-state index contributed by atoms with van der Waals surface area (Å²) in [6.07, 6.45) is 5.16. The Morgan fingerprint density at radius 3 is 2.16 bits per heavy atom. The molecule has 0 N–H and O–H groups in total. The third kappa shape index (κ3) is 3.07. The van der Waals surface area contributed by atoms with Gasteiger partial charge in [-0.05, 0) is 47.1 Å². The molecule has 2 heterocycles. The van der Waals surface area contributed by atoms with Crippen molar-refractivity contribution >= 4 is 6.09 Å². The fourth-order valence-corrected chi connectivity index (χ4v) is 5.71. The Bertz CT molecular complexity index is 1120. The van der Waals surface area contributed by atoms with Crippen molar-refractivity contribution in [2.45, 2.75) is 43.9 Å². The van der Waals surface area contributed by atoms with Gasteiger partial charge in [0.05, 0.1) is 6.04 Å². The smallest absolute Gasteiger partial charge is 0.410 e. The van der Waals surface area contributed by atoms with Crippen molar-refractivity contribution in [2.24, 2.45) is 0 Å². The van der Waals surface area contributed by atoms with Crippen LogP contribution in [0.15, 0.2) is 90.5 Å². The zero-order valence-corrected chi connectivity index (χ0v) is 17.4. The summed E-state index contributed by atoms with van der Waals surface area (Å²) in [6.45, 7) is 0.329. The number of rotatable bonds is 3. The van der Waals surface area contributed by atoms with Gasteiger partial charge < -0.3 is 4.74 Å². The first-order valence-electron chi connectivity index (χ1n) is 11.2. The number of nitrogens with zero attached hydrogens (tertiary/aromatic N) is 1. The predicted molar refractivity (Wildman–Crippen MR) is 122 cm³/mol. The van der Waals surface area contributed by atoms with Crippen molar-refractivity contribution < 1.29 is 9.53 Å². The molecule has 3 aromatic carbocycles. The zero-order chi connectivity index (χ0) is 20.8. The van der Waals surface area contributed by atoms with Crippen LogP contribution < -0.4 is 0 Å². The average Bonchev–Trinajstić information content (AvgIpc) is 3.29. The van der Waals surface area contributed by atoms with Crippen LogP contribution in [0, 0.1) is 0 Å².